The molecule has 11 heteroatoms. The van der Waals surface area contributed by atoms with Gasteiger partial charge in [-0.3, -0.25) is 4.90 Å². The zero-order chi connectivity index (χ0) is 31.5. The molecule has 3 fully saturated rings. The van der Waals surface area contributed by atoms with E-state index in [9.17, 15) is 10.2 Å². The van der Waals surface area contributed by atoms with E-state index in [2.05, 4.69) is 20.1 Å². The van der Waals surface area contributed by atoms with Gasteiger partial charge < -0.3 is 29.9 Å². The molecule has 238 valence electrons. The van der Waals surface area contributed by atoms with E-state index in [1.165, 1.54) is 6.07 Å². The SMILES string of the molecule is CC1(C)N(CCCOc2nc(N3CC4CCC(C3)N4)c3cc(Cl)c(-c4cc(O)cc5ccccc45)c(F)c3n2)CCO[C@@]1(C)O. The molecule has 7 rings (SSSR count). The second-order valence-corrected chi connectivity index (χ2v) is 13.5. The molecule has 3 aliphatic rings. The van der Waals surface area contributed by atoms with Crippen molar-refractivity contribution in [3.05, 3.63) is 53.3 Å². The van der Waals surface area contributed by atoms with Gasteiger partial charge in [-0.15, -0.1) is 0 Å². The van der Waals surface area contributed by atoms with Gasteiger partial charge in [-0.25, -0.2) is 4.39 Å². The fraction of sp³-hybridized carbons (Fsp3) is 0.471. The fourth-order valence-electron chi connectivity index (χ4n) is 7.10. The largest absolute Gasteiger partial charge is 0.508 e. The Kier molecular flexibility index (Phi) is 7.77. The fourth-order valence-corrected chi connectivity index (χ4v) is 7.39. The first-order valence-corrected chi connectivity index (χ1v) is 16.1. The van der Waals surface area contributed by atoms with Crippen LogP contribution >= 0.6 is 11.6 Å². The maximum Gasteiger partial charge on any atom is 0.319 e. The van der Waals surface area contributed by atoms with Crippen LogP contribution in [0.25, 0.3) is 32.8 Å². The van der Waals surface area contributed by atoms with Crippen LogP contribution in [-0.4, -0.2) is 87.9 Å². The molecule has 3 N–H and O–H groups in total. The lowest BCUT2D eigenvalue weighted by Gasteiger charge is -2.51. The Hall–Kier alpha value is -3.28. The van der Waals surface area contributed by atoms with Gasteiger partial charge in [-0.1, -0.05) is 35.9 Å². The van der Waals surface area contributed by atoms with Gasteiger partial charge in [0.05, 0.1) is 23.8 Å². The molecule has 4 heterocycles. The minimum absolute atomic E-state index is 0.0212. The minimum atomic E-state index is -1.26. The van der Waals surface area contributed by atoms with Crippen molar-refractivity contribution >= 4 is 39.1 Å². The predicted octanol–water partition coefficient (Wildman–Crippen LogP) is 5.48. The number of halogens is 2. The predicted molar refractivity (Wildman–Crippen MR) is 174 cm³/mol. The molecule has 0 amide bonds. The number of hydrogen-bond acceptors (Lipinski definition) is 9. The number of nitrogens with zero attached hydrogens (tertiary/aromatic N) is 4. The van der Waals surface area contributed by atoms with E-state index in [1.807, 2.05) is 38.1 Å². The highest BCUT2D eigenvalue weighted by Gasteiger charge is 2.47. The molecule has 4 aromatic rings. The average Bonchev–Trinajstić information content (AvgIpc) is 3.34. The maximum atomic E-state index is 16.8. The molecule has 9 nitrogen and oxygen atoms in total. The summed E-state index contributed by atoms with van der Waals surface area (Å²) in [4.78, 5) is 13.8. The second kappa shape index (κ2) is 11.5. The number of phenols is 1. The van der Waals surface area contributed by atoms with E-state index in [0.717, 1.165) is 36.7 Å². The average molecular weight is 636 g/mol. The number of benzene rings is 3. The summed E-state index contributed by atoms with van der Waals surface area (Å²) in [5, 5.41) is 27.2. The third-order valence-electron chi connectivity index (χ3n) is 9.95. The Morgan fingerprint density at radius 2 is 1.84 bits per heavy atom. The van der Waals surface area contributed by atoms with E-state index in [1.54, 1.807) is 19.1 Å². The van der Waals surface area contributed by atoms with Gasteiger partial charge in [0.1, 0.15) is 17.1 Å². The van der Waals surface area contributed by atoms with Crippen LogP contribution in [-0.2, 0) is 4.74 Å². The molecular weight excluding hydrogens is 597 g/mol. The summed E-state index contributed by atoms with van der Waals surface area (Å²) in [6.45, 7) is 9.24. The van der Waals surface area contributed by atoms with Gasteiger partial charge in [-0.2, -0.15) is 9.97 Å². The van der Waals surface area contributed by atoms with Gasteiger partial charge in [0, 0.05) is 49.2 Å². The summed E-state index contributed by atoms with van der Waals surface area (Å²) in [5.74, 6) is -1.22. The van der Waals surface area contributed by atoms with E-state index in [-0.39, 0.29) is 27.9 Å². The number of phenolic OH excluding ortho intramolecular Hbond substituents is 1. The molecule has 3 aromatic carbocycles. The van der Waals surface area contributed by atoms with Crippen molar-refractivity contribution in [3.8, 4) is 22.9 Å². The van der Waals surface area contributed by atoms with E-state index < -0.39 is 17.1 Å². The number of morpholine rings is 1. The first-order valence-electron chi connectivity index (χ1n) is 15.7. The normalized spacial score (nSPS) is 24.9. The summed E-state index contributed by atoms with van der Waals surface area (Å²) in [5.41, 5.74) is 0.211. The highest BCUT2D eigenvalue weighted by Crippen LogP contribution is 2.43. The third kappa shape index (κ3) is 5.46. The van der Waals surface area contributed by atoms with Gasteiger partial charge in [0.25, 0.3) is 0 Å². The Labute approximate surface area is 266 Å². The molecule has 2 unspecified atom stereocenters. The van der Waals surface area contributed by atoms with Crippen LogP contribution in [0.3, 0.4) is 0 Å². The van der Waals surface area contributed by atoms with Crippen LogP contribution < -0.4 is 15.0 Å². The van der Waals surface area contributed by atoms with E-state index in [0.29, 0.717) is 61.6 Å². The Balaban J connectivity index is 1.25. The van der Waals surface area contributed by atoms with Crippen LogP contribution in [0.5, 0.6) is 11.8 Å². The van der Waals surface area contributed by atoms with Crippen LogP contribution in [0.2, 0.25) is 5.02 Å². The highest BCUT2D eigenvalue weighted by atomic mass is 35.5. The van der Waals surface area contributed by atoms with Gasteiger partial charge in [0.15, 0.2) is 11.6 Å². The molecule has 1 aromatic heterocycles. The van der Waals surface area contributed by atoms with E-state index >= 15 is 4.39 Å². The van der Waals surface area contributed by atoms with Crippen LogP contribution in [0.15, 0.2) is 42.5 Å². The number of ether oxygens (including phenoxy) is 2. The maximum absolute atomic E-state index is 16.8. The van der Waals surface area contributed by atoms with Crippen molar-refractivity contribution in [2.75, 3.05) is 44.3 Å². The Bertz CT molecular complexity index is 1760. The van der Waals surface area contributed by atoms with Gasteiger partial charge in [0.2, 0.25) is 0 Å². The number of hydrogen-bond donors (Lipinski definition) is 3. The smallest absolute Gasteiger partial charge is 0.319 e. The van der Waals surface area contributed by atoms with E-state index in [4.69, 9.17) is 26.1 Å². The summed E-state index contributed by atoms with van der Waals surface area (Å²) in [6.07, 6.45) is 2.82. The third-order valence-corrected chi connectivity index (χ3v) is 10.2. The standard InChI is InChI=1S/C34H39ClFN5O4/c1-33(2)34(3,43)45-14-12-41(33)11-6-13-44-32-38-30-26(31(39-32)40-18-21-9-10-22(19-40)37-21)17-27(35)28(29(30)36)25-16-23(42)15-20-7-4-5-8-24(20)25/h4-5,7-8,15-17,21-22,37,42-43H,6,9-14,18-19H2,1-3H3/t21?,22?,34-/m1/s1. The number of anilines is 1. The second-order valence-electron chi connectivity index (χ2n) is 13.1. The quantitative estimate of drug-likeness (QED) is 0.228. The molecule has 2 bridgehead atoms. The zero-order valence-electron chi connectivity index (χ0n) is 25.8. The number of piperazine rings is 1. The first kappa shape index (κ1) is 30.4. The lowest BCUT2D eigenvalue weighted by molar-refractivity contribution is -0.287. The molecule has 45 heavy (non-hydrogen) atoms. The molecule has 3 saturated heterocycles. The Morgan fingerprint density at radius 3 is 2.62 bits per heavy atom. The number of aromatic nitrogens is 2. The van der Waals surface area contributed by atoms with Crippen molar-refractivity contribution in [2.24, 2.45) is 0 Å². The van der Waals surface area contributed by atoms with Gasteiger partial charge in [-0.05, 0) is 74.6 Å². The van der Waals surface area contributed by atoms with Crippen molar-refractivity contribution < 1.29 is 24.1 Å². The number of rotatable bonds is 7. The van der Waals surface area contributed by atoms with Crippen LogP contribution in [0, 0.1) is 5.82 Å². The molecule has 3 atom stereocenters. The lowest BCUT2D eigenvalue weighted by atomic mass is 9.90. The lowest BCUT2D eigenvalue weighted by Crippen LogP contribution is -2.65. The van der Waals surface area contributed by atoms with Crippen molar-refractivity contribution in [1.29, 1.82) is 0 Å². The van der Waals surface area contributed by atoms with Gasteiger partial charge >= 0.3 is 6.01 Å². The molecule has 0 saturated carbocycles. The minimum Gasteiger partial charge on any atom is -0.508 e. The van der Waals surface area contributed by atoms with Crippen molar-refractivity contribution in [2.45, 2.75) is 63.4 Å². The molecule has 0 radical (unpaired) electrons. The summed E-state index contributed by atoms with van der Waals surface area (Å²) >= 11 is 6.86. The van der Waals surface area contributed by atoms with Crippen molar-refractivity contribution in [3.63, 3.8) is 0 Å². The summed E-state index contributed by atoms with van der Waals surface area (Å²) in [7, 11) is 0. The molecule has 0 aliphatic carbocycles. The monoisotopic (exact) mass is 635 g/mol. The number of nitrogens with one attached hydrogen (secondary N) is 1. The first-order chi connectivity index (χ1) is 21.5. The van der Waals surface area contributed by atoms with Crippen LogP contribution in [0.4, 0.5) is 10.2 Å². The van der Waals surface area contributed by atoms with Crippen molar-refractivity contribution in [1.82, 2.24) is 20.2 Å². The molecular formula is C34H39ClFN5O4. The Morgan fingerprint density at radius 1 is 1.09 bits per heavy atom. The molecule has 3 aliphatic heterocycles. The topological polar surface area (TPSA) is 103 Å². The summed E-state index contributed by atoms with van der Waals surface area (Å²) in [6, 6.07) is 13.2. The van der Waals surface area contributed by atoms with Crippen LogP contribution in [0.1, 0.15) is 40.0 Å². The number of aromatic hydroxyl groups is 1. The summed E-state index contributed by atoms with van der Waals surface area (Å²) < 4.78 is 28.5. The number of aliphatic hydroxyl groups is 1. The highest BCUT2D eigenvalue weighted by molar-refractivity contribution is 6.35. The molecule has 0 spiro atoms. The zero-order valence-corrected chi connectivity index (χ0v) is 26.6. The number of fused-ring (bicyclic) bond motifs is 4.